The Hall–Kier alpha value is -1.50. The Balaban J connectivity index is 2.64. The summed E-state index contributed by atoms with van der Waals surface area (Å²) in [4.78, 5) is 9.68. The molecule has 1 aromatic rings. The molecule has 1 N–H and O–H groups in total. The van der Waals surface area contributed by atoms with Crippen LogP contribution in [-0.2, 0) is 6.54 Å². The van der Waals surface area contributed by atoms with Gasteiger partial charge in [-0.3, -0.25) is 0 Å². The van der Waals surface area contributed by atoms with E-state index in [0.29, 0.717) is 6.54 Å². The molecule has 72 valence electrons. The minimum atomic E-state index is -0.562. The second-order valence-corrected chi connectivity index (χ2v) is 2.75. The van der Waals surface area contributed by atoms with Crippen LogP contribution in [0.25, 0.3) is 0 Å². The van der Waals surface area contributed by atoms with Gasteiger partial charge in [0, 0.05) is 6.04 Å². The zero-order chi connectivity index (χ0) is 9.84. The topological polar surface area (TPSA) is 85.9 Å². The van der Waals surface area contributed by atoms with Gasteiger partial charge < -0.3 is 15.4 Å². The van der Waals surface area contributed by atoms with Crippen molar-refractivity contribution in [1.82, 2.24) is 20.3 Å². The van der Waals surface area contributed by atoms with Gasteiger partial charge in [-0.25, -0.2) is 4.68 Å². The predicted molar refractivity (Wildman–Crippen MR) is 45.2 cm³/mol. The molecule has 0 saturated heterocycles. The molecular formula is C6H11N5O2. The van der Waals surface area contributed by atoms with Gasteiger partial charge in [-0.05, 0) is 18.9 Å². The monoisotopic (exact) mass is 185 g/mol. The third kappa shape index (κ3) is 2.48. The molecule has 1 aromatic heterocycles. The summed E-state index contributed by atoms with van der Waals surface area (Å²) in [5.41, 5.74) is 0. The number of likely N-dealkylation sites (N-methyl/N-ethyl adjacent to an activating group) is 1. The Bertz CT molecular complexity index is 297. The van der Waals surface area contributed by atoms with E-state index in [9.17, 15) is 10.1 Å². The van der Waals surface area contributed by atoms with Crippen molar-refractivity contribution in [3.05, 3.63) is 16.3 Å². The standard InChI is InChI=1S/C6H11N5O2/c1-5(7-2)3-10-4-6(8-9-10)11(12)13/h4-5,7H,3H2,1-2H3. The van der Waals surface area contributed by atoms with Gasteiger partial charge in [-0.1, -0.05) is 0 Å². The SMILES string of the molecule is CNC(C)Cn1cc([N+](=O)[O-])nn1. The predicted octanol–water partition coefficient (Wildman–Crippen LogP) is -0.206. The molecule has 0 aliphatic rings. The van der Waals surface area contributed by atoms with Crippen molar-refractivity contribution in [3.63, 3.8) is 0 Å². The smallest absolute Gasteiger partial charge is 0.358 e. The average molecular weight is 185 g/mol. The van der Waals surface area contributed by atoms with E-state index in [-0.39, 0.29) is 11.9 Å². The maximum absolute atomic E-state index is 10.2. The van der Waals surface area contributed by atoms with Crippen molar-refractivity contribution in [2.45, 2.75) is 19.5 Å². The van der Waals surface area contributed by atoms with E-state index in [2.05, 4.69) is 15.6 Å². The Morgan fingerprint density at radius 3 is 3.00 bits per heavy atom. The molecule has 13 heavy (non-hydrogen) atoms. The molecule has 1 heterocycles. The summed E-state index contributed by atoms with van der Waals surface area (Å²) in [6.45, 7) is 2.52. The number of hydrogen-bond donors (Lipinski definition) is 1. The van der Waals surface area contributed by atoms with E-state index >= 15 is 0 Å². The number of nitrogens with zero attached hydrogens (tertiary/aromatic N) is 4. The molecule has 0 fully saturated rings. The summed E-state index contributed by atoms with van der Waals surface area (Å²) >= 11 is 0. The van der Waals surface area contributed by atoms with Crippen molar-refractivity contribution in [2.75, 3.05) is 7.05 Å². The lowest BCUT2D eigenvalue weighted by molar-refractivity contribution is -0.389. The lowest BCUT2D eigenvalue weighted by atomic mass is 10.3. The Morgan fingerprint density at radius 1 is 1.85 bits per heavy atom. The number of aromatic nitrogens is 3. The Kier molecular flexibility index (Phi) is 2.91. The van der Waals surface area contributed by atoms with Gasteiger partial charge in [0.05, 0.1) is 11.8 Å². The van der Waals surface area contributed by atoms with Crippen molar-refractivity contribution in [3.8, 4) is 0 Å². The van der Waals surface area contributed by atoms with E-state index in [1.165, 1.54) is 10.9 Å². The molecule has 0 radical (unpaired) electrons. The highest BCUT2D eigenvalue weighted by atomic mass is 16.6. The third-order valence-corrected chi connectivity index (χ3v) is 1.67. The zero-order valence-electron chi connectivity index (χ0n) is 7.47. The fourth-order valence-electron chi connectivity index (χ4n) is 0.833. The highest BCUT2D eigenvalue weighted by Gasteiger charge is 2.12. The second-order valence-electron chi connectivity index (χ2n) is 2.75. The van der Waals surface area contributed by atoms with Crippen LogP contribution in [0.15, 0.2) is 6.20 Å². The van der Waals surface area contributed by atoms with E-state index in [4.69, 9.17) is 0 Å². The van der Waals surface area contributed by atoms with Gasteiger partial charge in [-0.15, -0.1) is 0 Å². The molecule has 0 spiro atoms. The molecule has 0 aliphatic carbocycles. The number of nitrogens with one attached hydrogen (secondary N) is 1. The minimum absolute atomic E-state index is 0.210. The van der Waals surface area contributed by atoms with Crippen LogP contribution in [0.3, 0.4) is 0 Å². The number of nitro groups is 1. The van der Waals surface area contributed by atoms with Gasteiger partial charge in [-0.2, -0.15) is 0 Å². The molecule has 7 nitrogen and oxygen atoms in total. The molecule has 1 atom stereocenters. The highest BCUT2D eigenvalue weighted by Crippen LogP contribution is 2.03. The van der Waals surface area contributed by atoms with Crippen molar-refractivity contribution >= 4 is 5.82 Å². The van der Waals surface area contributed by atoms with Crippen molar-refractivity contribution < 1.29 is 4.92 Å². The van der Waals surface area contributed by atoms with Crippen LogP contribution in [0, 0.1) is 10.1 Å². The van der Waals surface area contributed by atoms with E-state index in [0.717, 1.165) is 0 Å². The minimum Gasteiger partial charge on any atom is -0.358 e. The molecular weight excluding hydrogens is 174 g/mol. The van der Waals surface area contributed by atoms with Crippen LogP contribution < -0.4 is 5.32 Å². The third-order valence-electron chi connectivity index (χ3n) is 1.67. The summed E-state index contributed by atoms with van der Waals surface area (Å²) in [7, 11) is 1.82. The summed E-state index contributed by atoms with van der Waals surface area (Å²) in [6, 6.07) is 0.210. The molecule has 1 rings (SSSR count). The first-order valence-corrected chi connectivity index (χ1v) is 3.85. The first-order chi connectivity index (χ1) is 6.13. The largest absolute Gasteiger partial charge is 0.410 e. The summed E-state index contributed by atoms with van der Waals surface area (Å²) in [6.07, 6.45) is 1.31. The zero-order valence-corrected chi connectivity index (χ0v) is 7.47. The first kappa shape index (κ1) is 9.59. The first-order valence-electron chi connectivity index (χ1n) is 3.85. The van der Waals surface area contributed by atoms with Crippen molar-refractivity contribution in [2.24, 2.45) is 0 Å². The second kappa shape index (κ2) is 3.94. The van der Waals surface area contributed by atoms with Gasteiger partial charge in [0.2, 0.25) is 0 Å². The summed E-state index contributed by atoms with van der Waals surface area (Å²) < 4.78 is 1.44. The van der Waals surface area contributed by atoms with Crippen LogP contribution in [0.1, 0.15) is 6.92 Å². The van der Waals surface area contributed by atoms with E-state index < -0.39 is 4.92 Å². The van der Waals surface area contributed by atoms with Gasteiger partial charge in [0.25, 0.3) is 0 Å². The maximum atomic E-state index is 10.2. The Morgan fingerprint density at radius 2 is 2.54 bits per heavy atom. The Labute approximate surface area is 74.9 Å². The van der Waals surface area contributed by atoms with Crippen molar-refractivity contribution in [1.29, 1.82) is 0 Å². The molecule has 0 bridgehead atoms. The van der Waals surface area contributed by atoms with Crippen LogP contribution >= 0.6 is 0 Å². The number of rotatable bonds is 4. The lowest BCUT2D eigenvalue weighted by Crippen LogP contribution is -2.26. The molecule has 0 aliphatic heterocycles. The van der Waals surface area contributed by atoms with E-state index in [1.54, 1.807) is 0 Å². The maximum Gasteiger partial charge on any atom is 0.410 e. The molecule has 7 heteroatoms. The van der Waals surface area contributed by atoms with Crippen LogP contribution in [0.4, 0.5) is 5.82 Å². The van der Waals surface area contributed by atoms with Crippen LogP contribution in [0.2, 0.25) is 0 Å². The average Bonchev–Trinajstić information content (AvgIpc) is 2.52. The number of hydrogen-bond acceptors (Lipinski definition) is 5. The van der Waals surface area contributed by atoms with Gasteiger partial charge in [0.1, 0.15) is 11.3 Å². The summed E-state index contributed by atoms with van der Waals surface area (Å²) in [5, 5.41) is 20.2. The highest BCUT2D eigenvalue weighted by molar-refractivity contribution is 5.08. The lowest BCUT2D eigenvalue weighted by Gasteiger charge is -2.06. The molecule has 0 aromatic carbocycles. The van der Waals surface area contributed by atoms with Gasteiger partial charge >= 0.3 is 5.82 Å². The molecule has 1 unspecified atom stereocenters. The molecule has 0 saturated carbocycles. The normalized spacial score (nSPS) is 12.8. The fraction of sp³-hybridized carbons (Fsp3) is 0.667. The van der Waals surface area contributed by atoms with Gasteiger partial charge in [0.15, 0.2) is 0 Å². The van der Waals surface area contributed by atoms with E-state index in [1.807, 2.05) is 14.0 Å². The fourth-order valence-corrected chi connectivity index (χ4v) is 0.833. The molecule has 0 amide bonds. The van der Waals surface area contributed by atoms with Crippen LogP contribution in [0.5, 0.6) is 0 Å². The quantitative estimate of drug-likeness (QED) is 0.518. The summed E-state index contributed by atoms with van der Waals surface area (Å²) in [5.74, 6) is -0.219. The van der Waals surface area contributed by atoms with Crippen LogP contribution in [-0.4, -0.2) is 33.0 Å².